The van der Waals surface area contributed by atoms with Gasteiger partial charge in [0.1, 0.15) is 6.61 Å². The van der Waals surface area contributed by atoms with Crippen molar-refractivity contribution in [1.82, 2.24) is 4.98 Å². The van der Waals surface area contributed by atoms with Crippen molar-refractivity contribution in [1.29, 1.82) is 0 Å². The van der Waals surface area contributed by atoms with Gasteiger partial charge in [0.15, 0.2) is 0 Å². The van der Waals surface area contributed by atoms with Gasteiger partial charge in [-0.15, -0.1) is 0 Å². The zero-order valence-electron chi connectivity index (χ0n) is 7.75. The van der Waals surface area contributed by atoms with Crippen LogP contribution in [0.25, 0.3) is 0 Å². The van der Waals surface area contributed by atoms with Crippen LogP contribution in [0.3, 0.4) is 0 Å². The highest BCUT2D eigenvalue weighted by atomic mass is 79.9. The first-order chi connectivity index (χ1) is 6.24. The fourth-order valence-corrected chi connectivity index (χ4v) is 1.05. The molecule has 0 aromatic carbocycles. The molecule has 13 heavy (non-hydrogen) atoms. The Morgan fingerprint density at radius 1 is 1.54 bits per heavy atom. The fourth-order valence-electron chi connectivity index (χ4n) is 0.831. The summed E-state index contributed by atoms with van der Waals surface area (Å²) in [4.78, 5) is 4.24. The number of halogens is 1. The van der Waals surface area contributed by atoms with E-state index in [0.29, 0.717) is 12.5 Å². The molecule has 1 aromatic rings. The van der Waals surface area contributed by atoms with Crippen molar-refractivity contribution in [2.24, 2.45) is 0 Å². The summed E-state index contributed by atoms with van der Waals surface area (Å²) in [7, 11) is 0. The minimum Gasteiger partial charge on any atom is -0.473 e. The molecule has 0 saturated heterocycles. The minimum absolute atomic E-state index is 0.574. The molecule has 1 heterocycles. The highest BCUT2D eigenvalue weighted by Gasteiger charge is 1.98. The Morgan fingerprint density at radius 3 is 2.92 bits per heavy atom. The SMILES string of the molecule is C/C=C/COc1ccc(Br)c(C)n1. The van der Waals surface area contributed by atoms with Gasteiger partial charge < -0.3 is 4.74 Å². The third-order valence-electron chi connectivity index (χ3n) is 1.56. The minimum atomic E-state index is 0.574. The summed E-state index contributed by atoms with van der Waals surface area (Å²) in [6.07, 6.45) is 3.89. The average molecular weight is 242 g/mol. The predicted molar refractivity (Wildman–Crippen MR) is 57.0 cm³/mol. The first kappa shape index (κ1) is 10.3. The van der Waals surface area contributed by atoms with Crippen LogP contribution in [0.1, 0.15) is 12.6 Å². The van der Waals surface area contributed by atoms with Gasteiger partial charge >= 0.3 is 0 Å². The number of nitrogens with zero attached hydrogens (tertiary/aromatic N) is 1. The van der Waals surface area contributed by atoms with Crippen molar-refractivity contribution in [2.45, 2.75) is 13.8 Å². The molecule has 2 nitrogen and oxygen atoms in total. The number of hydrogen-bond acceptors (Lipinski definition) is 2. The Bertz CT molecular complexity index is 310. The van der Waals surface area contributed by atoms with E-state index in [1.54, 1.807) is 0 Å². The molecule has 0 spiro atoms. The van der Waals surface area contributed by atoms with Crippen LogP contribution in [-0.4, -0.2) is 11.6 Å². The zero-order valence-corrected chi connectivity index (χ0v) is 9.34. The maximum Gasteiger partial charge on any atom is 0.213 e. The molecule has 0 aliphatic carbocycles. The van der Waals surface area contributed by atoms with Crippen molar-refractivity contribution in [3.8, 4) is 5.88 Å². The molecule has 0 radical (unpaired) electrons. The van der Waals surface area contributed by atoms with E-state index < -0.39 is 0 Å². The highest BCUT2D eigenvalue weighted by molar-refractivity contribution is 9.10. The van der Waals surface area contributed by atoms with Crippen LogP contribution in [0.2, 0.25) is 0 Å². The van der Waals surface area contributed by atoms with Gasteiger partial charge in [-0.05, 0) is 35.8 Å². The Hall–Kier alpha value is -0.830. The third-order valence-corrected chi connectivity index (χ3v) is 2.40. The number of allylic oxidation sites excluding steroid dienone is 1. The van der Waals surface area contributed by atoms with Gasteiger partial charge in [-0.25, -0.2) is 4.98 Å². The number of aromatic nitrogens is 1. The third kappa shape index (κ3) is 3.19. The number of rotatable bonds is 3. The van der Waals surface area contributed by atoms with Gasteiger partial charge in [-0.3, -0.25) is 0 Å². The molecule has 0 fully saturated rings. The summed E-state index contributed by atoms with van der Waals surface area (Å²) in [5.41, 5.74) is 0.943. The van der Waals surface area contributed by atoms with E-state index in [4.69, 9.17) is 4.74 Å². The molecule has 70 valence electrons. The second-order valence-corrected chi connectivity index (χ2v) is 3.45. The molecule has 0 N–H and O–H groups in total. The van der Waals surface area contributed by atoms with E-state index in [1.807, 2.05) is 38.1 Å². The largest absolute Gasteiger partial charge is 0.473 e. The Kier molecular flexibility index (Phi) is 3.96. The monoisotopic (exact) mass is 241 g/mol. The van der Waals surface area contributed by atoms with Crippen LogP contribution < -0.4 is 4.74 Å². The van der Waals surface area contributed by atoms with E-state index in [1.165, 1.54) is 0 Å². The average Bonchev–Trinajstić information content (AvgIpc) is 2.12. The van der Waals surface area contributed by atoms with Crippen LogP contribution in [0.15, 0.2) is 28.8 Å². The zero-order chi connectivity index (χ0) is 9.68. The number of aryl methyl sites for hydroxylation is 1. The number of ether oxygens (including phenoxy) is 1. The van der Waals surface area contributed by atoms with Crippen molar-refractivity contribution in [3.63, 3.8) is 0 Å². The number of pyridine rings is 1. The van der Waals surface area contributed by atoms with Crippen molar-refractivity contribution >= 4 is 15.9 Å². The first-order valence-electron chi connectivity index (χ1n) is 4.11. The Labute approximate surface area is 86.8 Å². The molecule has 0 atom stereocenters. The molecular weight excluding hydrogens is 230 g/mol. The molecule has 0 unspecified atom stereocenters. The summed E-state index contributed by atoms with van der Waals surface area (Å²) in [5, 5.41) is 0. The lowest BCUT2D eigenvalue weighted by atomic mass is 10.4. The van der Waals surface area contributed by atoms with Crippen molar-refractivity contribution in [3.05, 3.63) is 34.5 Å². The molecule has 0 aliphatic rings. The lowest BCUT2D eigenvalue weighted by molar-refractivity contribution is 0.347. The molecule has 0 amide bonds. The normalized spacial score (nSPS) is 10.7. The molecule has 1 aromatic heterocycles. The van der Waals surface area contributed by atoms with Crippen LogP contribution >= 0.6 is 15.9 Å². The lowest BCUT2D eigenvalue weighted by Crippen LogP contribution is -1.96. The van der Waals surface area contributed by atoms with Crippen LogP contribution in [-0.2, 0) is 0 Å². The van der Waals surface area contributed by atoms with Gasteiger partial charge in [0, 0.05) is 10.5 Å². The van der Waals surface area contributed by atoms with Crippen LogP contribution in [0.5, 0.6) is 5.88 Å². The van der Waals surface area contributed by atoms with E-state index in [2.05, 4.69) is 20.9 Å². The molecule has 0 bridgehead atoms. The maximum absolute atomic E-state index is 5.36. The van der Waals surface area contributed by atoms with E-state index in [9.17, 15) is 0 Å². The summed E-state index contributed by atoms with van der Waals surface area (Å²) in [5.74, 6) is 0.666. The van der Waals surface area contributed by atoms with E-state index >= 15 is 0 Å². The molecule has 1 rings (SSSR count). The van der Waals surface area contributed by atoms with Crippen LogP contribution in [0.4, 0.5) is 0 Å². The number of hydrogen-bond donors (Lipinski definition) is 0. The predicted octanol–water partition coefficient (Wildman–Crippen LogP) is 3.11. The summed E-state index contributed by atoms with van der Waals surface area (Å²) in [6, 6.07) is 3.79. The smallest absolute Gasteiger partial charge is 0.213 e. The Morgan fingerprint density at radius 2 is 2.31 bits per heavy atom. The lowest BCUT2D eigenvalue weighted by Gasteiger charge is -2.03. The van der Waals surface area contributed by atoms with Gasteiger partial charge in [0.05, 0.1) is 5.69 Å². The molecule has 0 aliphatic heterocycles. The molecule has 3 heteroatoms. The quantitative estimate of drug-likeness (QED) is 0.760. The molecular formula is C10H12BrNO. The summed E-state index contributed by atoms with van der Waals surface area (Å²) in [6.45, 7) is 4.47. The summed E-state index contributed by atoms with van der Waals surface area (Å²) < 4.78 is 6.37. The standard InChI is InChI=1S/C10H12BrNO/c1-3-4-7-13-10-6-5-9(11)8(2)12-10/h3-6H,7H2,1-2H3/b4-3+. The summed E-state index contributed by atoms with van der Waals surface area (Å²) >= 11 is 3.38. The van der Waals surface area contributed by atoms with Gasteiger partial charge in [-0.2, -0.15) is 0 Å². The molecule has 0 saturated carbocycles. The topological polar surface area (TPSA) is 22.1 Å². The maximum atomic E-state index is 5.36. The van der Waals surface area contributed by atoms with Crippen molar-refractivity contribution in [2.75, 3.05) is 6.61 Å². The van der Waals surface area contributed by atoms with Gasteiger partial charge in [-0.1, -0.05) is 12.2 Å². The first-order valence-corrected chi connectivity index (χ1v) is 4.90. The fraction of sp³-hybridized carbons (Fsp3) is 0.300. The van der Waals surface area contributed by atoms with E-state index in [0.717, 1.165) is 10.2 Å². The highest BCUT2D eigenvalue weighted by Crippen LogP contribution is 2.17. The second-order valence-electron chi connectivity index (χ2n) is 2.60. The Balaban J connectivity index is 2.63. The van der Waals surface area contributed by atoms with Crippen LogP contribution in [0, 0.1) is 6.92 Å². The van der Waals surface area contributed by atoms with Gasteiger partial charge in [0.2, 0.25) is 5.88 Å². The second kappa shape index (κ2) is 5.02. The van der Waals surface area contributed by atoms with E-state index in [-0.39, 0.29) is 0 Å². The van der Waals surface area contributed by atoms with Gasteiger partial charge in [0.25, 0.3) is 0 Å². The van der Waals surface area contributed by atoms with Crippen molar-refractivity contribution < 1.29 is 4.74 Å².